The van der Waals surface area contributed by atoms with Gasteiger partial charge >= 0.3 is 5.97 Å². The highest BCUT2D eigenvalue weighted by Gasteiger charge is 2.10. The summed E-state index contributed by atoms with van der Waals surface area (Å²) in [6, 6.07) is 7.56. The monoisotopic (exact) mass is 285 g/mol. The summed E-state index contributed by atoms with van der Waals surface area (Å²) in [4.78, 5) is 11.8. The fourth-order valence-corrected chi connectivity index (χ4v) is 2.46. The predicted molar refractivity (Wildman–Crippen MR) is 70.0 cm³/mol. The van der Waals surface area contributed by atoms with Gasteiger partial charge in [0.2, 0.25) is 0 Å². The Labute approximate surface area is 112 Å². The molecule has 3 nitrogen and oxygen atoms in total. The molecule has 0 fully saturated rings. The molecule has 0 aliphatic rings. The van der Waals surface area contributed by atoms with Crippen LogP contribution in [0.25, 0.3) is 0 Å². The molecule has 0 atom stereocenters. The number of aromatic carboxylic acids is 1. The van der Waals surface area contributed by atoms with Crippen molar-refractivity contribution in [2.75, 3.05) is 5.32 Å². The van der Waals surface area contributed by atoms with Crippen LogP contribution in [0.5, 0.6) is 0 Å². The number of nitrogens with one attached hydrogen (secondary N) is 1. The van der Waals surface area contributed by atoms with Gasteiger partial charge in [-0.2, -0.15) is 0 Å². The normalized spacial score (nSPS) is 10.3. The van der Waals surface area contributed by atoms with Crippen molar-refractivity contribution < 1.29 is 14.3 Å². The van der Waals surface area contributed by atoms with Crippen molar-refractivity contribution in [3.05, 3.63) is 50.9 Å². The smallest absolute Gasteiger partial charge is 0.338 e. The number of benzene rings is 1. The van der Waals surface area contributed by atoms with Crippen molar-refractivity contribution >= 4 is 34.6 Å². The molecule has 94 valence electrons. The number of carboxylic acids is 1. The van der Waals surface area contributed by atoms with Gasteiger partial charge in [0, 0.05) is 17.1 Å². The topological polar surface area (TPSA) is 49.3 Å². The number of rotatable bonds is 4. The lowest BCUT2D eigenvalue weighted by Gasteiger charge is -2.06. The van der Waals surface area contributed by atoms with E-state index in [-0.39, 0.29) is 5.56 Å². The third-order valence-corrected chi connectivity index (χ3v) is 3.52. The van der Waals surface area contributed by atoms with Gasteiger partial charge in [-0.3, -0.25) is 0 Å². The van der Waals surface area contributed by atoms with Crippen LogP contribution in [0, 0.1) is 5.82 Å². The molecule has 0 radical (unpaired) electrons. The lowest BCUT2D eigenvalue weighted by molar-refractivity contribution is 0.0692. The van der Waals surface area contributed by atoms with Crippen LogP contribution < -0.4 is 5.32 Å². The maximum Gasteiger partial charge on any atom is 0.338 e. The summed E-state index contributed by atoms with van der Waals surface area (Å²) < 4.78 is 13.9. The predicted octanol–water partition coefficient (Wildman–Crippen LogP) is 3.85. The Kier molecular flexibility index (Phi) is 3.84. The van der Waals surface area contributed by atoms with E-state index in [1.54, 1.807) is 6.07 Å². The number of thiophene rings is 1. The molecule has 1 aromatic carbocycles. The number of hydrogen-bond donors (Lipinski definition) is 2. The van der Waals surface area contributed by atoms with Crippen LogP contribution in [-0.4, -0.2) is 11.1 Å². The molecule has 18 heavy (non-hydrogen) atoms. The summed E-state index contributed by atoms with van der Waals surface area (Å²) in [5.74, 6) is -2.03. The molecule has 0 aliphatic heterocycles. The highest BCUT2D eigenvalue weighted by atomic mass is 35.5. The zero-order chi connectivity index (χ0) is 13.1. The Hall–Kier alpha value is -1.59. The van der Waals surface area contributed by atoms with Gasteiger partial charge in [-0.15, -0.1) is 11.3 Å². The van der Waals surface area contributed by atoms with E-state index in [1.165, 1.54) is 23.5 Å². The van der Waals surface area contributed by atoms with Crippen LogP contribution >= 0.6 is 22.9 Å². The van der Waals surface area contributed by atoms with E-state index >= 15 is 0 Å². The molecule has 0 aliphatic carbocycles. The Balaban J connectivity index is 2.10. The average Bonchev–Trinajstić information content (AvgIpc) is 2.74. The molecule has 0 amide bonds. The highest BCUT2D eigenvalue weighted by Crippen LogP contribution is 2.23. The van der Waals surface area contributed by atoms with Crippen LogP contribution in [0.15, 0.2) is 30.3 Å². The number of carboxylic acid groups (broad SMARTS) is 1. The Morgan fingerprint density at radius 2 is 2.17 bits per heavy atom. The minimum Gasteiger partial charge on any atom is -0.478 e. The van der Waals surface area contributed by atoms with Gasteiger partial charge in [0.05, 0.1) is 9.90 Å². The van der Waals surface area contributed by atoms with E-state index in [1.807, 2.05) is 6.07 Å². The van der Waals surface area contributed by atoms with Gasteiger partial charge < -0.3 is 10.4 Å². The minimum atomic E-state index is -1.28. The SMILES string of the molecule is O=C(O)c1cc(NCc2ccc(Cl)s2)ccc1F. The summed E-state index contributed by atoms with van der Waals surface area (Å²) in [6.07, 6.45) is 0. The summed E-state index contributed by atoms with van der Waals surface area (Å²) >= 11 is 7.23. The summed E-state index contributed by atoms with van der Waals surface area (Å²) in [5.41, 5.74) is 0.211. The average molecular weight is 286 g/mol. The molecule has 0 spiro atoms. The van der Waals surface area contributed by atoms with E-state index in [0.717, 1.165) is 10.9 Å². The van der Waals surface area contributed by atoms with Gasteiger partial charge in [0.25, 0.3) is 0 Å². The molecule has 0 unspecified atom stereocenters. The van der Waals surface area contributed by atoms with E-state index in [2.05, 4.69) is 5.32 Å². The van der Waals surface area contributed by atoms with Crippen molar-refractivity contribution in [2.24, 2.45) is 0 Å². The van der Waals surface area contributed by atoms with Crippen molar-refractivity contribution in [1.29, 1.82) is 0 Å². The van der Waals surface area contributed by atoms with Crippen LogP contribution in [0.3, 0.4) is 0 Å². The van der Waals surface area contributed by atoms with Crippen LogP contribution in [-0.2, 0) is 6.54 Å². The Morgan fingerprint density at radius 1 is 1.39 bits per heavy atom. The standard InChI is InChI=1S/C12H9ClFNO2S/c13-11-4-2-8(18-11)6-15-7-1-3-10(14)9(5-7)12(16)17/h1-5,15H,6H2,(H,16,17). The number of hydrogen-bond acceptors (Lipinski definition) is 3. The first-order valence-electron chi connectivity index (χ1n) is 5.07. The van der Waals surface area contributed by atoms with Crippen molar-refractivity contribution in [2.45, 2.75) is 6.54 Å². The van der Waals surface area contributed by atoms with Gasteiger partial charge in [-0.25, -0.2) is 9.18 Å². The molecular formula is C12H9ClFNO2S. The summed E-state index contributed by atoms with van der Waals surface area (Å²) in [7, 11) is 0. The summed E-state index contributed by atoms with van der Waals surface area (Å²) in [6.45, 7) is 0.516. The molecule has 0 saturated heterocycles. The number of anilines is 1. The first kappa shape index (κ1) is 12.9. The van der Waals surface area contributed by atoms with Gasteiger partial charge in [0.1, 0.15) is 5.82 Å². The molecule has 2 N–H and O–H groups in total. The lowest BCUT2D eigenvalue weighted by atomic mass is 10.2. The first-order valence-corrected chi connectivity index (χ1v) is 6.26. The quantitative estimate of drug-likeness (QED) is 0.897. The fourth-order valence-electron chi connectivity index (χ4n) is 1.44. The zero-order valence-electron chi connectivity index (χ0n) is 9.11. The second kappa shape index (κ2) is 5.37. The molecule has 0 bridgehead atoms. The number of halogens is 2. The molecular weight excluding hydrogens is 277 g/mol. The third-order valence-electron chi connectivity index (χ3n) is 2.29. The maximum absolute atomic E-state index is 13.2. The van der Waals surface area contributed by atoms with E-state index < -0.39 is 11.8 Å². The lowest BCUT2D eigenvalue weighted by Crippen LogP contribution is -2.03. The molecule has 1 aromatic heterocycles. The van der Waals surface area contributed by atoms with Gasteiger partial charge in [0.15, 0.2) is 0 Å². The van der Waals surface area contributed by atoms with Crippen LogP contribution in [0.4, 0.5) is 10.1 Å². The van der Waals surface area contributed by atoms with Gasteiger partial charge in [-0.1, -0.05) is 11.6 Å². The van der Waals surface area contributed by atoms with E-state index in [4.69, 9.17) is 16.7 Å². The van der Waals surface area contributed by atoms with Crippen LogP contribution in [0.2, 0.25) is 4.34 Å². The molecule has 0 saturated carbocycles. The number of carbonyl (C=O) groups is 1. The fraction of sp³-hybridized carbons (Fsp3) is 0.0833. The van der Waals surface area contributed by atoms with Crippen LogP contribution in [0.1, 0.15) is 15.2 Å². The first-order chi connectivity index (χ1) is 8.56. The second-order valence-corrected chi connectivity index (χ2v) is 5.36. The summed E-state index contributed by atoms with van der Waals surface area (Å²) in [5, 5.41) is 11.8. The Morgan fingerprint density at radius 3 is 2.78 bits per heavy atom. The Bertz CT molecular complexity index is 585. The second-order valence-electron chi connectivity index (χ2n) is 3.56. The van der Waals surface area contributed by atoms with E-state index in [0.29, 0.717) is 16.6 Å². The zero-order valence-corrected chi connectivity index (χ0v) is 10.7. The largest absolute Gasteiger partial charge is 0.478 e. The molecule has 2 aromatic rings. The molecule has 1 heterocycles. The maximum atomic E-state index is 13.2. The third kappa shape index (κ3) is 3.00. The minimum absolute atomic E-state index is 0.343. The molecule has 2 rings (SSSR count). The van der Waals surface area contributed by atoms with Gasteiger partial charge in [-0.05, 0) is 30.3 Å². The molecule has 6 heteroatoms. The van der Waals surface area contributed by atoms with Crippen molar-refractivity contribution in [3.63, 3.8) is 0 Å². The van der Waals surface area contributed by atoms with Crippen molar-refractivity contribution in [3.8, 4) is 0 Å². The van der Waals surface area contributed by atoms with Crippen molar-refractivity contribution in [1.82, 2.24) is 0 Å². The highest BCUT2D eigenvalue weighted by molar-refractivity contribution is 7.16. The van der Waals surface area contributed by atoms with E-state index in [9.17, 15) is 9.18 Å².